The van der Waals surface area contributed by atoms with E-state index in [2.05, 4.69) is 41.4 Å². The number of hydrogen-bond donors (Lipinski definition) is 1. The average Bonchev–Trinajstić information content (AvgIpc) is 2.36. The van der Waals surface area contributed by atoms with E-state index in [1.54, 1.807) is 0 Å². The van der Waals surface area contributed by atoms with Crippen molar-refractivity contribution in [1.29, 1.82) is 0 Å². The fourth-order valence-corrected chi connectivity index (χ4v) is 2.55. The van der Waals surface area contributed by atoms with Crippen molar-refractivity contribution >= 4 is 5.82 Å². The van der Waals surface area contributed by atoms with Crippen molar-refractivity contribution in [3.8, 4) is 11.3 Å². The molecule has 1 aromatic carbocycles. The molecule has 1 heterocycles. The Labute approximate surface area is 113 Å². The van der Waals surface area contributed by atoms with Crippen molar-refractivity contribution in [2.45, 2.75) is 39.0 Å². The van der Waals surface area contributed by atoms with Gasteiger partial charge in [-0.3, -0.25) is 0 Å². The van der Waals surface area contributed by atoms with Gasteiger partial charge in [0.1, 0.15) is 5.82 Å². The first-order valence-corrected chi connectivity index (χ1v) is 6.86. The zero-order valence-electron chi connectivity index (χ0n) is 11.5. The van der Waals surface area contributed by atoms with Crippen LogP contribution in [0.25, 0.3) is 11.3 Å². The molecule has 98 valence electrons. The molecule has 1 aliphatic carbocycles. The van der Waals surface area contributed by atoms with Crippen LogP contribution in [0.1, 0.15) is 41.9 Å². The molecule has 0 spiro atoms. The van der Waals surface area contributed by atoms with Crippen molar-refractivity contribution in [3.63, 3.8) is 0 Å². The third-order valence-electron chi connectivity index (χ3n) is 4.32. The summed E-state index contributed by atoms with van der Waals surface area (Å²) in [4.78, 5) is 0. The summed E-state index contributed by atoms with van der Waals surface area (Å²) in [5.74, 6) is 1.29. The van der Waals surface area contributed by atoms with Crippen molar-refractivity contribution in [1.82, 2.24) is 10.2 Å². The smallest absolute Gasteiger partial charge is 0.149 e. The fourth-order valence-electron chi connectivity index (χ4n) is 2.55. The van der Waals surface area contributed by atoms with E-state index in [1.807, 2.05) is 6.92 Å². The van der Waals surface area contributed by atoms with Crippen LogP contribution in [0.2, 0.25) is 0 Å². The van der Waals surface area contributed by atoms with Gasteiger partial charge in [-0.15, -0.1) is 10.2 Å². The van der Waals surface area contributed by atoms with E-state index in [1.165, 1.54) is 24.8 Å². The maximum Gasteiger partial charge on any atom is 0.149 e. The summed E-state index contributed by atoms with van der Waals surface area (Å²) in [6, 6.07) is 8.76. The number of benzene rings is 1. The molecule has 1 saturated carbocycles. The molecule has 0 radical (unpaired) electrons. The predicted molar refractivity (Wildman–Crippen MR) is 77.9 cm³/mol. The van der Waals surface area contributed by atoms with E-state index in [4.69, 9.17) is 5.73 Å². The monoisotopic (exact) mass is 253 g/mol. The molecule has 0 amide bonds. The topological polar surface area (TPSA) is 51.8 Å². The number of nitrogens with zero attached hydrogens (tertiary/aromatic N) is 2. The van der Waals surface area contributed by atoms with E-state index in [0.29, 0.717) is 5.82 Å². The molecule has 1 aliphatic rings. The van der Waals surface area contributed by atoms with Gasteiger partial charge in [-0.1, -0.05) is 30.7 Å². The van der Waals surface area contributed by atoms with Gasteiger partial charge in [-0.25, -0.2) is 0 Å². The number of nitrogen functional groups attached to an aromatic ring is 1. The van der Waals surface area contributed by atoms with E-state index < -0.39 is 0 Å². The SMILES string of the molecule is Cc1c(N)nnc(-c2ccc(C3CCC3)cc2)c1C. The normalized spacial score (nSPS) is 15.3. The minimum Gasteiger partial charge on any atom is -0.382 e. The Bertz CT molecular complexity index is 598. The van der Waals surface area contributed by atoms with Crippen LogP contribution in [-0.2, 0) is 0 Å². The molecular weight excluding hydrogens is 234 g/mol. The standard InChI is InChI=1S/C16H19N3/c1-10-11(2)16(17)19-18-15(10)14-8-6-13(7-9-14)12-4-3-5-12/h6-9,12H,3-5H2,1-2H3,(H2,17,19). The highest BCUT2D eigenvalue weighted by Gasteiger charge is 2.19. The van der Waals surface area contributed by atoms with Crippen LogP contribution in [0.3, 0.4) is 0 Å². The average molecular weight is 253 g/mol. The van der Waals surface area contributed by atoms with Gasteiger partial charge in [0.2, 0.25) is 0 Å². The highest BCUT2D eigenvalue weighted by Crippen LogP contribution is 2.37. The number of hydrogen-bond acceptors (Lipinski definition) is 3. The molecule has 2 aromatic rings. The minimum atomic E-state index is 0.521. The number of nitrogens with two attached hydrogens (primary N) is 1. The molecular formula is C16H19N3. The molecule has 19 heavy (non-hydrogen) atoms. The second kappa shape index (κ2) is 4.65. The van der Waals surface area contributed by atoms with Gasteiger partial charge in [0.25, 0.3) is 0 Å². The highest BCUT2D eigenvalue weighted by atomic mass is 15.1. The summed E-state index contributed by atoms with van der Waals surface area (Å²) in [6.45, 7) is 4.04. The lowest BCUT2D eigenvalue weighted by Crippen LogP contribution is -2.08. The van der Waals surface area contributed by atoms with E-state index in [9.17, 15) is 0 Å². The van der Waals surface area contributed by atoms with Crippen molar-refractivity contribution in [3.05, 3.63) is 41.0 Å². The number of aromatic nitrogens is 2. The van der Waals surface area contributed by atoms with Gasteiger partial charge in [-0.2, -0.15) is 0 Å². The quantitative estimate of drug-likeness (QED) is 0.889. The molecule has 3 nitrogen and oxygen atoms in total. The Hall–Kier alpha value is -1.90. The summed E-state index contributed by atoms with van der Waals surface area (Å²) in [6.07, 6.45) is 4.03. The molecule has 0 aliphatic heterocycles. The maximum absolute atomic E-state index is 5.78. The molecule has 0 unspecified atom stereocenters. The maximum atomic E-state index is 5.78. The van der Waals surface area contributed by atoms with Gasteiger partial charge in [0.05, 0.1) is 5.69 Å². The van der Waals surface area contributed by atoms with Crippen LogP contribution in [0, 0.1) is 13.8 Å². The lowest BCUT2D eigenvalue weighted by atomic mass is 9.80. The Morgan fingerprint density at radius 2 is 1.68 bits per heavy atom. The Morgan fingerprint density at radius 3 is 2.26 bits per heavy atom. The lowest BCUT2D eigenvalue weighted by molar-refractivity contribution is 0.420. The van der Waals surface area contributed by atoms with Gasteiger partial charge in [-0.05, 0) is 49.3 Å². The molecule has 3 heteroatoms. The zero-order chi connectivity index (χ0) is 13.4. The van der Waals surface area contributed by atoms with Gasteiger partial charge < -0.3 is 5.73 Å². The molecule has 0 atom stereocenters. The molecule has 0 saturated heterocycles. The van der Waals surface area contributed by atoms with Crippen molar-refractivity contribution < 1.29 is 0 Å². The van der Waals surface area contributed by atoms with Gasteiger partial charge in [0.15, 0.2) is 0 Å². The third kappa shape index (κ3) is 2.09. The predicted octanol–water partition coefficient (Wildman–Crippen LogP) is 3.61. The van der Waals surface area contributed by atoms with Crippen LogP contribution >= 0.6 is 0 Å². The van der Waals surface area contributed by atoms with Crippen LogP contribution in [-0.4, -0.2) is 10.2 Å². The molecule has 2 N–H and O–H groups in total. The number of rotatable bonds is 2. The minimum absolute atomic E-state index is 0.521. The molecule has 1 aromatic heterocycles. The lowest BCUT2D eigenvalue weighted by Gasteiger charge is -2.25. The zero-order valence-corrected chi connectivity index (χ0v) is 11.5. The second-order valence-electron chi connectivity index (χ2n) is 5.43. The van der Waals surface area contributed by atoms with Crippen LogP contribution in [0.4, 0.5) is 5.82 Å². The van der Waals surface area contributed by atoms with Crippen LogP contribution in [0.5, 0.6) is 0 Å². The van der Waals surface area contributed by atoms with Crippen molar-refractivity contribution in [2.24, 2.45) is 0 Å². The largest absolute Gasteiger partial charge is 0.382 e. The number of anilines is 1. The Balaban J connectivity index is 1.95. The summed E-state index contributed by atoms with van der Waals surface area (Å²) in [5, 5.41) is 8.27. The summed E-state index contributed by atoms with van der Waals surface area (Å²) >= 11 is 0. The van der Waals surface area contributed by atoms with E-state index >= 15 is 0 Å². The Morgan fingerprint density at radius 1 is 1.00 bits per heavy atom. The first-order valence-electron chi connectivity index (χ1n) is 6.86. The third-order valence-corrected chi connectivity index (χ3v) is 4.32. The highest BCUT2D eigenvalue weighted by molar-refractivity contribution is 5.66. The summed E-state index contributed by atoms with van der Waals surface area (Å²) < 4.78 is 0. The van der Waals surface area contributed by atoms with Gasteiger partial charge >= 0.3 is 0 Å². The summed E-state index contributed by atoms with van der Waals surface area (Å²) in [7, 11) is 0. The van der Waals surface area contributed by atoms with Crippen LogP contribution < -0.4 is 5.73 Å². The molecule has 1 fully saturated rings. The fraction of sp³-hybridized carbons (Fsp3) is 0.375. The molecule has 0 bridgehead atoms. The second-order valence-corrected chi connectivity index (χ2v) is 5.43. The molecule has 3 rings (SSSR count). The Kier molecular flexibility index (Phi) is 2.97. The van der Waals surface area contributed by atoms with Crippen LogP contribution in [0.15, 0.2) is 24.3 Å². The summed E-state index contributed by atoms with van der Waals surface area (Å²) in [5.41, 5.74) is 11.4. The van der Waals surface area contributed by atoms with E-state index in [-0.39, 0.29) is 0 Å². The van der Waals surface area contributed by atoms with Gasteiger partial charge in [0, 0.05) is 5.56 Å². The van der Waals surface area contributed by atoms with Crippen molar-refractivity contribution in [2.75, 3.05) is 5.73 Å². The first kappa shape index (κ1) is 12.2. The first-order chi connectivity index (χ1) is 9.16. The van der Waals surface area contributed by atoms with E-state index in [0.717, 1.165) is 28.3 Å².